The van der Waals surface area contributed by atoms with E-state index < -0.39 is 35.9 Å². The quantitative estimate of drug-likeness (QED) is 0.760. The maximum atomic E-state index is 12.6. The Labute approximate surface area is 89.9 Å². The number of methoxy groups -OCH3 is 1. The molecule has 0 radical (unpaired) electrons. The average molecular weight is 232 g/mol. The SMILES string of the molecule is COC(=O)Cc1c(O)cnc(N)c1C(F)F. The second kappa shape index (κ2) is 4.73. The summed E-state index contributed by atoms with van der Waals surface area (Å²) in [6.45, 7) is 0. The number of hydrogen-bond donors (Lipinski definition) is 2. The van der Waals surface area contributed by atoms with Crippen LogP contribution in [0.5, 0.6) is 5.75 Å². The van der Waals surface area contributed by atoms with Gasteiger partial charge in [-0.3, -0.25) is 4.79 Å². The van der Waals surface area contributed by atoms with E-state index in [1.54, 1.807) is 0 Å². The van der Waals surface area contributed by atoms with E-state index in [0.29, 0.717) is 0 Å². The minimum absolute atomic E-state index is 0.255. The van der Waals surface area contributed by atoms with Gasteiger partial charge in [0.15, 0.2) is 0 Å². The average Bonchev–Trinajstić information content (AvgIpc) is 2.22. The first-order chi connectivity index (χ1) is 7.47. The maximum absolute atomic E-state index is 12.6. The van der Waals surface area contributed by atoms with E-state index in [0.717, 1.165) is 13.3 Å². The molecule has 7 heteroatoms. The Kier molecular flexibility index (Phi) is 3.60. The summed E-state index contributed by atoms with van der Waals surface area (Å²) < 4.78 is 29.6. The Bertz CT molecular complexity index is 410. The van der Waals surface area contributed by atoms with Crippen LogP contribution in [0, 0.1) is 0 Å². The number of carbonyl (C=O) groups excluding carboxylic acids is 1. The molecule has 0 spiro atoms. The van der Waals surface area contributed by atoms with Crippen molar-refractivity contribution in [2.45, 2.75) is 12.8 Å². The van der Waals surface area contributed by atoms with Crippen LogP contribution in [0.3, 0.4) is 0 Å². The van der Waals surface area contributed by atoms with E-state index in [2.05, 4.69) is 9.72 Å². The number of rotatable bonds is 3. The highest BCUT2D eigenvalue weighted by Gasteiger charge is 2.22. The summed E-state index contributed by atoms with van der Waals surface area (Å²) in [4.78, 5) is 14.4. The first kappa shape index (κ1) is 12.2. The normalized spacial score (nSPS) is 10.5. The molecule has 3 N–H and O–H groups in total. The lowest BCUT2D eigenvalue weighted by molar-refractivity contribution is -0.139. The highest BCUT2D eigenvalue weighted by Crippen LogP contribution is 2.32. The van der Waals surface area contributed by atoms with Crippen molar-refractivity contribution in [1.82, 2.24) is 4.98 Å². The standard InChI is InChI=1S/C9H10F2N2O3/c1-16-6(15)2-4-5(14)3-13-9(12)7(4)8(10)11/h3,8,14H,2H2,1H3,(H2,12,13). The fraction of sp³-hybridized carbons (Fsp3) is 0.333. The third-order valence-corrected chi connectivity index (χ3v) is 2.00. The molecule has 0 aliphatic heterocycles. The molecule has 0 saturated carbocycles. The fourth-order valence-corrected chi connectivity index (χ4v) is 1.22. The number of esters is 1. The zero-order valence-corrected chi connectivity index (χ0v) is 8.41. The number of nitrogens with zero attached hydrogens (tertiary/aromatic N) is 1. The Hall–Kier alpha value is -1.92. The number of carbonyl (C=O) groups is 1. The van der Waals surface area contributed by atoms with Gasteiger partial charge in [0.2, 0.25) is 0 Å². The van der Waals surface area contributed by atoms with Crippen LogP contribution < -0.4 is 5.73 Å². The first-order valence-corrected chi connectivity index (χ1v) is 4.28. The predicted octanol–water partition coefficient (Wildman–Crippen LogP) is 1.02. The monoisotopic (exact) mass is 232 g/mol. The summed E-state index contributed by atoms with van der Waals surface area (Å²) in [5.41, 5.74) is 4.36. The summed E-state index contributed by atoms with van der Waals surface area (Å²) in [6.07, 6.45) is -2.48. The molecule has 0 aromatic carbocycles. The number of anilines is 1. The van der Waals surface area contributed by atoms with Crippen LogP contribution >= 0.6 is 0 Å². The van der Waals surface area contributed by atoms with E-state index in [1.807, 2.05) is 0 Å². The van der Waals surface area contributed by atoms with Gasteiger partial charge in [-0.25, -0.2) is 13.8 Å². The molecule has 0 aliphatic carbocycles. The van der Waals surface area contributed by atoms with E-state index >= 15 is 0 Å². The van der Waals surface area contributed by atoms with Crippen LogP contribution in [-0.4, -0.2) is 23.2 Å². The summed E-state index contributed by atoms with van der Waals surface area (Å²) in [6, 6.07) is 0. The summed E-state index contributed by atoms with van der Waals surface area (Å²) in [5, 5.41) is 9.35. The molecule has 0 saturated heterocycles. The molecule has 0 atom stereocenters. The van der Waals surface area contributed by atoms with Crippen molar-refractivity contribution in [3.8, 4) is 5.75 Å². The van der Waals surface area contributed by atoms with Gasteiger partial charge in [0.1, 0.15) is 11.6 Å². The Morgan fingerprint density at radius 2 is 2.31 bits per heavy atom. The van der Waals surface area contributed by atoms with Crippen LogP contribution in [0.2, 0.25) is 0 Å². The molecule has 0 fully saturated rings. The lowest BCUT2D eigenvalue weighted by Gasteiger charge is -2.11. The van der Waals surface area contributed by atoms with Crippen molar-refractivity contribution >= 4 is 11.8 Å². The molecule has 0 bridgehead atoms. The molecule has 0 amide bonds. The molecule has 88 valence electrons. The Balaban J connectivity index is 3.23. The molecule has 1 rings (SSSR count). The summed E-state index contributed by atoms with van der Waals surface area (Å²) in [7, 11) is 1.12. The number of nitrogen functional groups attached to an aromatic ring is 1. The third kappa shape index (κ3) is 2.36. The van der Waals surface area contributed by atoms with Gasteiger partial charge in [0, 0.05) is 5.56 Å². The molecule has 1 aromatic heterocycles. The molecule has 1 heterocycles. The maximum Gasteiger partial charge on any atom is 0.310 e. The number of aromatic hydroxyl groups is 1. The first-order valence-electron chi connectivity index (χ1n) is 4.28. The largest absolute Gasteiger partial charge is 0.506 e. The lowest BCUT2D eigenvalue weighted by Crippen LogP contribution is -2.10. The number of hydrogen-bond acceptors (Lipinski definition) is 5. The van der Waals surface area contributed by atoms with Gasteiger partial charge in [0.25, 0.3) is 6.43 Å². The highest BCUT2D eigenvalue weighted by molar-refractivity contribution is 5.75. The molecule has 16 heavy (non-hydrogen) atoms. The Morgan fingerprint density at radius 1 is 1.69 bits per heavy atom. The topological polar surface area (TPSA) is 85.4 Å². The summed E-state index contributed by atoms with van der Waals surface area (Å²) >= 11 is 0. The minimum atomic E-state index is -2.92. The van der Waals surface area contributed by atoms with Gasteiger partial charge in [-0.1, -0.05) is 0 Å². The van der Waals surface area contributed by atoms with Gasteiger partial charge in [-0.05, 0) is 0 Å². The zero-order chi connectivity index (χ0) is 12.3. The van der Waals surface area contributed by atoms with E-state index in [-0.39, 0.29) is 5.56 Å². The van der Waals surface area contributed by atoms with Crippen molar-refractivity contribution in [3.05, 3.63) is 17.3 Å². The van der Waals surface area contributed by atoms with Crippen molar-refractivity contribution in [1.29, 1.82) is 0 Å². The molecule has 0 unspecified atom stereocenters. The van der Waals surface area contributed by atoms with Crippen LogP contribution in [0.4, 0.5) is 14.6 Å². The minimum Gasteiger partial charge on any atom is -0.506 e. The van der Waals surface area contributed by atoms with E-state index in [9.17, 15) is 18.7 Å². The molecule has 5 nitrogen and oxygen atoms in total. The second-order valence-electron chi connectivity index (χ2n) is 2.97. The third-order valence-electron chi connectivity index (χ3n) is 2.00. The smallest absolute Gasteiger partial charge is 0.310 e. The Morgan fingerprint density at radius 3 is 2.81 bits per heavy atom. The fourth-order valence-electron chi connectivity index (χ4n) is 1.22. The van der Waals surface area contributed by atoms with E-state index in [1.165, 1.54) is 0 Å². The zero-order valence-electron chi connectivity index (χ0n) is 8.41. The van der Waals surface area contributed by atoms with Gasteiger partial charge >= 0.3 is 5.97 Å². The summed E-state index contributed by atoms with van der Waals surface area (Å²) in [5.74, 6) is -1.66. The number of ether oxygens (including phenoxy) is 1. The molecular formula is C9H10F2N2O3. The van der Waals surface area contributed by atoms with Crippen LogP contribution in [0.25, 0.3) is 0 Å². The number of halogens is 2. The van der Waals surface area contributed by atoms with Gasteiger partial charge in [0.05, 0.1) is 25.3 Å². The van der Waals surface area contributed by atoms with Crippen LogP contribution in [0.1, 0.15) is 17.6 Å². The van der Waals surface area contributed by atoms with E-state index in [4.69, 9.17) is 5.73 Å². The van der Waals surface area contributed by atoms with Gasteiger partial charge < -0.3 is 15.6 Å². The number of alkyl halides is 2. The molecule has 0 aliphatic rings. The van der Waals surface area contributed by atoms with Crippen LogP contribution in [-0.2, 0) is 16.0 Å². The highest BCUT2D eigenvalue weighted by atomic mass is 19.3. The van der Waals surface area contributed by atoms with Crippen molar-refractivity contribution in [2.24, 2.45) is 0 Å². The number of nitrogens with two attached hydrogens (primary N) is 1. The van der Waals surface area contributed by atoms with Gasteiger partial charge in [-0.2, -0.15) is 0 Å². The van der Waals surface area contributed by atoms with Crippen molar-refractivity contribution < 1.29 is 23.4 Å². The van der Waals surface area contributed by atoms with Crippen molar-refractivity contribution in [2.75, 3.05) is 12.8 Å². The van der Waals surface area contributed by atoms with Crippen molar-refractivity contribution in [3.63, 3.8) is 0 Å². The number of pyridine rings is 1. The number of aromatic nitrogens is 1. The van der Waals surface area contributed by atoms with Crippen LogP contribution in [0.15, 0.2) is 6.20 Å². The predicted molar refractivity (Wildman–Crippen MR) is 51.0 cm³/mol. The second-order valence-corrected chi connectivity index (χ2v) is 2.97. The molecular weight excluding hydrogens is 222 g/mol. The lowest BCUT2D eigenvalue weighted by atomic mass is 10.1. The molecule has 1 aromatic rings. The van der Waals surface area contributed by atoms with Gasteiger partial charge in [-0.15, -0.1) is 0 Å².